The van der Waals surface area contributed by atoms with Gasteiger partial charge in [-0.2, -0.15) is 0 Å². The topological polar surface area (TPSA) is 65.0 Å². The molecule has 5 heteroatoms. The average Bonchev–Trinajstić information content (AvgIpc) is 4.16. The minimum Gasteiger partial charge on any atom is -0.456 e. The smallest absolute Gasteiger partial charge is 0.167 e. The van der Waals surface area contributed by atoms with Gasteiger partial charge in [0.15, 0.2) is 17.5 Å². The molecule has 0 amide bonds. The van der Waals surface area contributed by atoms with Crippen LogP contribution in [0.3, 0.4) is 0 Å². The zero-order valence-electron chi connectivity index (χ0n) is 37.0. The van der Waals surface area contributed by atoms with Crippen molar-refractivity contribution in [3.63, 3.8) is 0 Å². The molecule has 320 valence electrons. The zero-order valence-corrected chi connectivity index (χ0v) is 37.0. The molecule has 3 heterocycles. The van der Waals surface area contributed by atoms with E-state index in [2.05, 4.69) is 152 Å². The summed E-state index contributed by atoms with van der Waals surface area (Å²) in [7, 11) is 0. The Morgan fingerprint density at radius 2 is 0.797 bits per heavy atom. The van der Waals surface area contributed by atoms with Crippen molar-refractivity contribution in [2.75, 3.05) is 0 Å². The number of para-hydroxylation sites is 2. The number of aromatic nitrogens is 3. The second-order valence-electron chi connectivity index (χ2n) is 18.1. The third-order valence-corrected chi connectivity index (χ3v) is 14.6. The summed E-state index contributed by atoms with van der Waals surface area (Å²) in [6.07, 6.45) is 0. The van der Waals surface area contributed by atoms with E-state index in [1.165, 1.54) is 55.6 Å². The van der Waals surface area contributed by atoms with Crippen molar-refractivity contribution in [1.82, 2.24) is 15.0 Å². The Bertz CT molecular complexity index is 4210. The first-order valence-electron chi connectivity index (χ1n) is 23.4. The lowest BCUT2D eigenvalue weighted by atomic mass is 9.68. The van der Waals surface area contributed by atoms with Crippen LogP contribution in [0.2, 0.25) is 0 Å². The molecule has 1 spiro atoms. The maximum Gasteiger partial charge on any atom is 0.167 e. The fraction of sp³-hybridized carbons (Fsp3) is 0.0156. The van der Waals surface area contributed by atoms with Crippen LogP contribution in [0.5, 0.6) is 0 Å². The quantitative estimate of drug-likeness (QED) is 0.172. The van der Waals surface area contributed by atoms with E-state index in [9.17, 15) is 0 Å². The molecule has 2 aliphatic rings. The van der Waals surface area contributed by atoms with E-state index in [-0.39, 0.29) is 0 Å². The highest BCUT2D eigenvalue weighted by Gasteiger charge is 2.52. The number of nitrogens with zero attached hydrogens (tertiary/aromatic N) is 3. The van der Waals surface area contributed by atoms with Gasteiger partial charge < -0.3 is 8.83 Å². The van der Waals surface area contributed by atoms with Crippen molar-refractivity contribution in [2.45, 2.75) is 5.41 Å². The van der Waals surface area contributed by atoms with Crippen LogP contribution in [0.15, 0.2) is 233 Å². The first-order valence-corrected chi connectivity index (χ1v) is 23.4. The van der Waals surface area contributed by atoms with E-state index in [0.29, 0.717) is 17.5 Å². The Kier molecular flexibility index (Phi) is 7.93. The predicted molar refractivity (Wildman–Crippen MR) is 278 cm³/mol. The van der Waals surface area contributed by atoms with Gasteiger partial charge in [-0.25, -0.2) is 15.0 Å². The molecule has 10 aromatic carbocycles. The van der Waals surface area contributed by atoms with E-state index in [1.807, 2.05) is 72.8 Å². The SMILES string of the molecule is c1ccc(-c2nc(-c3cccc4c3oc3ccccc34)nc(-c3cccc4oc5ccc(-c6cccc(-c7cccc8c7C7(c9ccccc9-c9ccccc97)c7ccccc7-8)c6)cc5c34)n2)cc1. The normalized spacial score (nSPS) is 13.0. The zero-order chi connectivity index (χ0) is 45.2. The van der Waals surface area contributed by atoms with Gasteiger partial charge in [-0.1, -0.05) is 188 Å². The molecule has 69 heavy (non-hydrogen) atoms. The Hall–Kier alpha value is -9.19. The van der Waals surface area contributed by atoms with Crippen molar-refractivity contribution in [3.05, 3.63) is 247 Å². The summed E-state index contributed by atoms with van der Waals surface area (Å²) in [5.74, 6) is 1.66. The molecule has 0 radical (unpaired) electrons. The molecule has 0 atom stereocenters. The van der Waals surface area contributed by atoms with E-state index in [1.54, 1.807) is 0 Å². The second kappa shape index (κ2) is 14.4. The van der Waals surface area contributed by atoms with Gasteiger partial charge in [-0.15, -0.1) is 0 Å². The molecule has 2 aliphatic carbocycles. The Morgan fingerprint density at radius 1 is 0.290 bits per heavy atom. The highest BCUT2D eigenvalue weighted by Crippen LogP contribution is 2.64. The van der Waals surface area contributed by atoms with Crippen LogP contribution in [-0.4, -0.2) is 15.0 Å². The van der Waals surface area contributed by atoms with Crippen molar-refractivity contribution >= 4 is 43.9 Å². The first-order chi connectivity index (χ1) is 34.2. The van der Waals surface area contributed by atoms with Gasteiger partial charge in [-0.05, 0) is 103 Å². The van der Waals surface area contributed by atoms with Gasteiger partial charge in [0.25, 0.3) is 0 Å². The first kappa shape index (κ1) is 38.0. The van der Waals surface area contributed by atoms with E-state index >= 15 is 0 Å². The van der Waals surface area contributed by atoms with Crippen LogP contribution in [0, 0.1) is 0 Å². The maximum absolute atomic E-state index is 6.63. The predicted octanol–water partition coefficient (Wildman–Crippen LogP) is 16.3. The van der Waals surface area contributed by atoms with Crippen molar-refractivity contribution in [2.24, 2.45) is 0 Å². The van der Waals surface area contributed by atoms with Gasteiger partial charge in [0, 0.05) is 32.7 Å². The molecule has 3 aromatic heterocycles. The van der Waals surface area contributed by atoms with Gasteiger partial charge in [0.05, 0.1) is 11.0 Å². The molecule has 0 fully saturated rings. The molecular formula is C64H37N3O2. The summed E-state index contributed by atoms with van der Waals surface area (Å²) in [6.45, 7) is 0. The van der Waals surface area contributed by atoms with Gasteiger partial charge in [-0.3, -0.25) is 0 Å². The average molecular weight is 880 g/mol. The Labute approximate surface area is 396 Å². The lowest BCUT2D eigenvalue weighted by Crippen LogP contribution is -2.26. The number of rotatable bonds is 5. The highest BCUT2D eigenvalue weighted by molar-refractivity contribution is 6.13. The molecule has 5 nitrogen and oxygen atoms in total. The van der Waals surface area contributed by atoms with E-state index in [4.69, 9.17) is 23.8 Å². The number of hydrogen-bond acceptors (Lipinski definition) is 5. The fourth-order valence-electron chi connectivity index (χ4n) is 11.7. The summed E-state index contributed by atoms with van der Waals surface area (Å²) in [6, 6.07) is 79.9. The van der Waals surface area contributed by atoms with Crippen LogP contribution in [-0.2, 0) is 5.41 Å². The largest absolute Gasteiger partial charge is 0.456 e. The molecular weight excluding hydrogens is 843 g/mol. The van der Waals surface area contributed by atoms with Crippen molar-refractivity contribution < 1.29 is 8.83 Å². The minimum absolute atomic E-state index is 0.454. The third kappa shape index (κ3) is 5.38. The van der Waals surface area contributed by atoms with Gasteiger partial charge in [0.1, 0.15) is 22.3 Å². The van der Waals surface area contributed by atoms with Crippen molar-refractivity contribution in [1.29, 1.82) is 0 Å². The molecule has 0 bridgehead atoms. The second-order valence-corrected chi connectivity index (χ2v) is 18.1. The van der Waals surface area contributed by atoms with Crippen LogP contribution in [0.1, 0.15) is 22.3 Å². The van der Waals surface area contributed by atoms with E-state index in [0.717, 1.165) is 71.7 Å². The summed E-state index contributed by atoms with van der Waals surface area (Å²) in [5, 5.41) is 4.00. The standard InChI is InChI=1S/C64H37N3O2/c1-2-16-38(17-3-1)61-65-62(67-63(66-61)50-28-14-26-48-46-23-7-11-32-55(46)69-60(48)50)49-27-15-33-57-58(49)51-37-40(34-35-56(51)68-57)39-18-12-19-41(36-39)42-24-13-25-47-45-22-6-10-31-54(45)64(59(42)47)52-29-8-4-20-43(52)44-21-5-9-30-53(44)64/h1-37H. The molecule has 15 rings (SSSR count). The fourth-order valence-corrected chi connectivity index (χ4v) is 11.7. The van der Waals surface area contributed by atoms with Gasteiger partial charge in [0.2, 0.25) is 0 Å². The molecule has 0 saturated heterocycles. The molecule has 0 N–H and O–H groups in total. The number of furan rings is 2. The van der Waals surface area contributed by atoms with Crippen LogP contribution in [0.4, 0.5) is 0 Å². The number of benzene rings is 10. The summed E-state index contributed by atoms with van der Waals surface area (Å²) in [4.78, 5) is 15.6. The lowest BCUT2D eigenvalue weighted by molar-refractivity contribution is 0.668. The third-order valence-electron chi connectivity index (χ3n) is 14.6. The van der Waals surface area contributed by atoms with Gasteiger partial charge >= 0.3 is 0 Å². The summed E-state index contributed by atoms with van der Waals surface area (Å²) >= 11 is 0. The molecule has 0 aliphatic heterocycles. The maximum atomic E-state index is 6.63. The van der Waals surface area contributed by atoms with Crippen molar-refractivity contribution in [3.8, 4) is 78.7 Å². The minimum atomic E-state index is -0.454. The summed E-state index contributed by atoms with van der Waals surface area (Å²) < 4.78 is 13.1. The molecule has 0 unspecified atom stereocenters. The number of fused-ring (bicyclic) bond motifs is 16. The van der Waals surface area contributed by atoms with E-state index < -0.39 is 5.41 Å². The molecule has 13 aromatic rings. The highest BCUT2D eigenvalue weighted by atomic mass is 16.3. The monoisotopic (exact) mass is 879 g/mol. The number of hydrogen-bond donors (Lipinski definition) is 0. The van der Waals surface area contributed by atoms with Crippen LogP contribution >= 0.6 is 0 Å². The summed E-state index contributed by atoms with van der Waals surface area (Å²) in [5.41, 5.74) is 20.3. The molecule has 0 saturated carbocycles. The van der Waals surface area contributed by atoms with Crippen LogP contribution in [0.25, 0.3) is 123 Å². The lowest BCUT2D eigenvalue weighted by Gasteiger charge is -2.32. The van der Waals surface area contributed by atoms with Crippen LogP contribution < -0.4 is 0 Å². The Morgan fingerprint density at radius 3 is 1.59 bits per heavy atom. The Balaban J connectivity index is 0.901.